The summed E-state index contributed by atoms with van der Waals surface area (Å²) in [6.07, 6.45) is 5.77. The molecule has 2 unspecified atom stereocenters. The van der Waals surface area contributed by atoms with Gasteiger partial charge in [-0.15, -0.1) is 0 Å². The van der Waals surface area contributed by atoms with E-state index in [1.807, 2.05) is 0 Å². The number of likely N-dealkylation sites (tertiary alicyclic amines) is 1. The topological polar surface area (TPSA) is 44.4 Å². The molecule has 2 saturated heterocycles. The van der Waals surface area contributed by atoms with Crippen LogP contribution in [0, 0.1) is 11.3 Å². The highest BCUT2D eigenvalue weighted by Crippen LogP contribution is 2.58. The molecule has 4 heteroatoms. The van der Waals surface area contributed by atoms with Crippen molar-refractivity contribution in [2.75, 3.05) is 26.2 Å². The number of carbonyl (C=O) groups is 1. The summed E-state index contributed by atoms with van der Waals surface area (Å²) in [5.74, 6) is 0.604. The second-order valence-corrected chi connectivity index (χ2v) is 7.94. The van der Waals surface area contributed by atoms with E-state index in [0.29, 0.717) is 17.4 Å². The molecule has 4 rings (SSSR count). The summed E-state index contributed by atoms with van der Waals surface area (Å²) in [6.45, 7) is 5.28. The molecule has 24 heavy (non-hydrogen) atoms. The maximum absolute atomic E-state index is 12.7. The molecule has 1 saturated carbocycles. The first kappa shape index (κ1) is 16.1. The van der Waals surface area contributed by atoms with E-state index >= 15 is 0 Å². The predicted molar refractivity (Wildman–Crippen MR) is 95.5 cm³/mol. The first-order valence-electron chi connectivity index (χ1n) is 9.53. The molecule has 1 aromatic rings. The number of piperidine rings is 2. The van der Waals surface area contributed by atoms with Gasteiger partial charge in [0.25, 0.3) is 0 Å². The summed E-state index contributed by atoms with van der Waals surface area (Å²) in [5, 5.41) is 6.78. The standard InChI is InChI=1S/C20H29N3O/c24-19(18-13-20(18)8-10-21-11-9-20)22-17-7-4-12-23(15-17)14-16-5-2-1-3-6-16/h1-3,5-6,17-18,21H,4,7-15H2,(H,22,24). The maximum Gasteiger partial charge on any atom is 0.223 e. The van der Waals surface area contributed by atoms with Gasteiger partial charge in [-0.1, -0.05) is 30.3 Å². The van der Waals surface area contributed by atoms with Crippen LogP contribution in [0.4, 0.5) is 0 Å². The fourth-order valence-corrected chi connectivity index (χ4v) is 4.66. The Hall–Kier alpha value is -1.39. The summed E-state index contributed by atoms with van der Waals surface area (Å²) >= 11 is 0. The van der Waals surface area contributed by atoms with Crippen molar-refractivity contribution in [3.05, 3.63) is 35.9 Å². The van der Waals surface area contributed by atoms with Crippen LogP contribution in [0.3, 0.4) is 0 Å². The van der Waals surface area contributed by atoms with Crippen LogP contribution in [-0.2, 0) is 11.3 Å². The number of carbonyl (C=O) groups excluding carboxylic acids is 1. The Bertz CT molecular complexity index is 568. The Morgan fingerprint density at radius 3 is 2.83 bits per heavy atom. The largest absolute Gasteiger partial charge is 0.352 e. The van der Waals surface area contributed by atoms with Gasteiger partial charge in [0, 0.05) is 25.0 Å². The van der Waals surface area contributed by atoms with E-state index in [-0.39, 0.29) is 5.92 Å². The van der Waals surface area contributed by atoms with Crippen molar-refractivity contribution in [2.24, 2.45) is 11.3 Å². The Balaban J connectivity index is 1.28. The number of nitrogens with zero attached hydrogens (tertiary/aromatic N) is 1. The molecule has 4 nitrogen and oxygen atoms in total. The van der Waals surface area contributed by atoms with Crippen LogP contribution >= 0.6 is 0 Å². The molecule has 0 bridgehead atoms. The molecule has 1 spiro atoms. The molecule has 3 aliphatic rings. The number of hydrogen-bond acceptors (Lipinski definition) is 3. The molecule has 2 atom stereocenters. The van der Waals surface area contributed by atoms with Gasteiger partial charge in [0.05, 0.1) is 0 Å². The summed E-state index contributed by atoms with van der Waals surface area (Å²) in [5.41, 5.74) is 1.70. The second kappa shape index (κ2) is 6.85. The van der Waals surface area contributed by atoms with Crippen LogP contribution < -0.4 is 10.6 Å². The highest BCUT2D eigenvalue weighted by molar-refractivity contribution is 5.83. The van der Waals surface area contributed by atoms with E-state index in [9.17, 15) is 4.79 Å². The van der Waals surface area contributed by atoms with Crippen molar-refractivity contribution >= 4 is 5.91 Å². The quantitative estimate of drug-likeness (QED) is 0.891. The van der Waals surface area contributed by atoms with Crippen LogP contribution in [0.1, 0.15) is 37.7 Å². The van der Waals surface area contributed by atoms with E-state index in [1.54, 1.807) is 0 Å². The van der Waals surface area contributed by atoms with Crippen LogP contribution in [0.25, 0.3) is 0 Å². The zero-order valence-corrected chi connectivity index (χ0v) is 14.5. The monoisotopic (exact) mass is 327 g/mol. The number of rotatable bonds is 4. The van der Waals surface area contributed by atoms with Gasteiger partial charge in [-0.25, -0.2) is 0 Å². The van der Waals surface area contributed by atoms with Gasteiger partial charge in [-0.05, 0) is 62.7 Å². The Kier molecular flexibility index (Phi) is 4.59. The fraction of sp³-hybridized carbons (Fsp3) is 0.650. The van der Waals surface area contributed by atoms with Gasteiger partial charge in [-0.3, -0.25) is 9.69 Å². The third-order valence-electron chi connectivity index (χ3n) is 6.21. The highest BCUT2D eigenvalue weighted by atomic mass is 16.2. The summed E-state index contributed by atoms with van der Waals surface area (Å²) in [7, 11) is 0. The van der Waals surface area contributed by atoms with Crippen molar-refractivity contribution in [1.82, 2.24) is 15.5 Å². The van der Waals surface area contributed by atoms with Gasteiger partial charge < -0.3 is 10.6 Å². The zero-order valence-electron chi connectivity index (χ0n) is 14.5. The number of nitrogens with one attached hydrogen (secondary N) is 2. The normalized spacial score (nSPS) is 29.3. The Labute approximate surface area is 145 Å². The van der Waals surface area contributed by atoms with Crippen molar-refractivity contribution in [3.8, 4) is 0 Å². The summed E-state index contributed by atoms with van der Waals surface area (Å²) in [4.78, 5) is 15.1. The first-order chi connectivity index (χ1) is 11.8. The summed E-state index contributed by atoms with van der Waals surface area (Å²) < 4.78 is 0. The molecule has 0 radical (unpaired) electrons. The molecule has 1 amide bonds. The molecule has 0 aromatic heterocycles. The highest BCUT2D eigenvalue weighted by Gasteiger charge is 2.57. The molecule has 2 N–H and O–H groups in total. The second-order valence-electron chi connectivity index (χ2n) is 7.94. The lowest BCUT2D eigenvalue weighted by atomic mass is 9.91. The molecule has 2 aliphatic heterocycles. The predicted octanol–water partition coefficient (Wildman–Crippen LogP) is 2.16. The minimum absolute atomic E-state index is 0.282. The average Bonchev–Trinajstić information content (AvgIpc) is 3.30. The molecular formula is C20H29N3O. The summed E-state index contributed by atoms with van der Waals surface area (Å²) in [6, 6.07) is 11.0. The van der Waals surface area contributed by atoms with E-state index in [1.165, 1.54) is 24.8 Å². The molecule has 1 aromatic carbocycles. The maximum atomic E-state index is 12.7. The fourth-order valence-electron chi connectivity index (χ4n) is 4.66. The third-order valence-corrected chi connectivity index (χ3v) is 6.21. The SMILES string of the molecule is O=C(NC1CCCN(Cc2ccccc2)C1)C1CC12CCNCC2. The van der Waals surface area contributed by atoms with E-state index in [2.05, 4.69) is 45.9 Å². The minimum Gasteiger partial charge on any atom is -0.352 e. The number of benzene rings is 1. The Morgan fingerprint density at radius 1 is 1.25 bits per heavy atom. The van der Waals surface area contributed by atoms with E-state index in [4.69, 9.17) is 0 Å². The van der Waals surface area contributed by atoms with Gasteiger partial charge in [0.1, 0.15) is 0 Å². The van der Waals surface area contributed by atoms with Crippen molar-refractivity contribution in [3.63, 3.8) is 0 Å². The van der Waals surface area contributed by atoms with Gasteiger partial charge in [0.15, 0.2) is 0 Å². The number of hydrogen-bond donors (Lipinski definition) is 2. The van der Waals surface area contributed by atoms with Gasteiger partial charge in [-0.2, -0.15) is 0 Å². The van der Waals surface area contributed by atoms with Crippen LogP contribution in [0.5, 0.6) is 0 Å². The van der Waals surface area contributed by atoms with Crippen molar-refractivity contribution in [2.45, 2.75) is 44.7 Å². The van der Waals surface area contributed by atoms with Crippen LogP contribution in [0.2, 0.25) is 0 Å². The lowest BCUT2D eigenvalue weighted by Crippen LogP contribution is -2.48. The Morgan fingerprint density at radius 2 is 2.04 bits per heavy atom. The van der Waals surface area contributed by atoms with Crippen LogP contribution in [-0.4, -0.2) is 43.0 Å². The molecule has 1 aliphatic carbocycles. The van der Waals surface area contributed by atoms with Gasteiger partial charge >= 0.3 is 0 Å². The van der Waals surface area contributed by atoms with Gasteiger partial charge in [0.2, 0.25) is 5.91 Å². The smallest absolute Gasteiger partial charge is 0.223 e. The molecule has 130 valence electrons. The van der Waals surface area contributed by atoms with E-state index in [0.717, 1.165) is 45.6 Å². The number of amides is 1. The molecular weight excluding hydrogens is 298 g/mol. The lowest BCUT2D eigenvalue weighted by molar-refractivity contribution is -0.124. The van der Waals surface area contributed by atoms with Crippen molar-refractivity contribution in [1.29, 1.82) is 0 Å². The van der Waals surface area contributed by atoms with Crippen LogP contribution in [0.15, 0.2) is 30.3 Å². The average molecular weight is 327 g/mol. The van der Waals surface area contributed by atoms with E-state index < -0.39 is 0 Å². The third kappa shape index (κ3) is 3.50. The zero-order chi connectivity index (χ0) is 16.4. The molecule has 2 heterocycles. The molecule has 3 fully saturated rings. The lowest BCUT2D eigenvalue weighted by Gasteiger charge is -2.33. The minimum atomic E-state index is 0.282. The first-order valence-corrected chi connectivity index (χ1v) is 9.53. The van der Waals surface area contributed by atoms with Crippen molar-refractivity contribution < 1.29 is 4.79 Å².